The number of amides is 1. The van der Waals surface area contributed by atoms with Crippen LogP contribution in [0.4, 0.5) is 5.95 Å². The lowest BCUT2D eigenvalue weighted by molar-refractivity contribution is 0.0949. The van der Waals surface area contributed by atoms with Gasteiger partial charge in [0.05, 0.1) is 0 Å². The zero-order chi connectivity index (χ0) is 19.5. The van der Waals surface area contributed by atoms with Crippen molar-refractivity contribution in [3.05, 3.63) is 53.5 Å². The van der Waals surface area contributed by atoms with E-state index in [1.807, 2.05) is 25.3 Å². The molecule has 2 N–H and O–H groups in total. The van der Waals surface area contributed by atoms with Crippen LogP contribution in [-0.4, -0.2) is 65.5 Å². The molecule has 0 aliphatic carbocycles. The van der Waals surface area contributed by atoms with Gasteiger partial charge in [0, 0.05) is 55.5 Å². The molecule has 1 aliphatic heterocycles. The SMILES string of the molecule is Cc1cc(C(=O)NCCc2c[nH]c3ccccc23)nc(N2CCN(C)CC2)n1. The van der Waals surface area contributed by atoms with Crippen LogP contribution in [0.5, 0.6) is 0 Å². The van der Waals surface area contributed by atoms with Crippen molar-refractivity contribution in [2.24, 2.45) is 0 Å². The number of para-hydroxylation sites is 1. The lowest BCUT2D eigenvalue weighted by atomic mass is 10.1. The van der Waals surface area contributed by atoms with Crippen LogP contribution < -0.4 is 10.2 Å². The molecule has 3 heterocycles. The quantitative estimate of drug-likeness (QED) is 0.710. The number of rotatable bonds is 5. The molecular weight excluding hydrogens is 352 g/mol. The first-order valence-corrected chi connectivity index (χ1v) is 9.72. The van der Waals surface area contributed by atoms with Crippen LogP contribution >= 0.6 is 0 Å². The molecule has 146 valence electrons. The van der Waals surface area contributed by atoms with Crippen LogP contribution in [0.2, 0.25) is 0 Å². The Kier molecular flexibility index (Phi) is 5.25. The van der Waals surface area contributed by atoms with Gasteiger partial charge in [-0.25, -0.2) is 9.97 Å². The molecule has 7 heteroatoms. The summed E-state index contributed by atoms with van der Waals surface area (Å²) in [5.41, 5.74) is 3.56. The van der Waals surface area contributed by atoms with E-state index in [0.717, 1.165) is 43.8 Å². The Morgan fingerprint density at radius 3 is 2.79 bits per heavy atom. The average Bonchev–Trinajstić information content (AvgIpc) is 3.11. The lowest BCUT2D eigenvalue weighted by Gasteiger charge is -2.32. The largest absolute Gasteiger partial charge is 0.361 e. The molecule has 3 aromatic rings. The number of aromatic amines is 1. The molecule has 0 atom stereocenters. The maximum atomic E-state index is 12.6. The number of aryl methyl sites for hydroxylation is 1. The molecule has 7 nitrogen and oxygen atoms in total. The number of hydrogen-bond donors (Lipinski definition) is 2. The highest BCUT2D eigenvalue weighted by molar-refractivity contribution is 5.92. The number of nitrogens with zero attached hydrogens (tertiary/aromatic N) is 4. The van der Waals surface area contributed by atoms with Crippen molar-refractivity contribution in [1.29, 1.82) is 0 Å². The van der Waals surface area contributed by atoms with Gasteiger partial charge in [-0.05, 0) is 38.1 Å². The van der Waals surface area contributed by atoms with E-state index in [-0.39, 0.29) is 5.91 Å². The standard InChI is InChI=1S/C21H26N6O/c1-15-13-19(25-21(24-15)27-11-9-26(2)10-12-27)20(28)22-8-7-16-14-23-18-6-4-3-5-17(16)18/h3-6,13-14,23H,7-12H2,1-2H3,(H,22,28). The number of aromatic nitrogens is 3. The predicted molar refractivity (Wildman–Crippen MR) is 111 cm³/mol. The lowest BCUT2D eigenvalue weighted by Crippen LogP contribution is -2.45. The second-order valence-electron chi connectivity index (χ2n) is 7.35. The first kappa shape index (κ1) is 18.4. The summed E-state index contributed by atoms with van der Waals surface area (Å²) in [7, 11) is 2.11. The van der Waals surface area contributed by atoms with Crippen molar-refractivity contribution in [2.75, 3.05) is 44.7 Å². The molecule has 28 heavy (non-hydrogen) atoms. The molecule has 1 aromatic carbocycles. The van der Waals surface area contributed by atoms with Crippen LogP contribution in [-0.2, 0) is 6.42 Å². The van der Waals surface area contributed by atoms with E-state index in [1.54, 1.807) is 6.07 Å². The number of fused-ring (bicyclic) bond motifs is 1. The minimum atomic E-state index is -0.152. The Labute approximate surface area is 164 Å². The molecule has 0 unspecified atom stereocenters. The van der Waals surface area contributed by atoms with Crippen LogP contribution in [0.25, 0.3) is 10.9 Å². The number of benzene rings is 1. The summed E-state index contributed by atoms with van der Waals surface area (Å²) in [5, 5.41) is 4.20. The van der Waals surface area contributed by atoms with Crippen LogP contribution in [0.3, 0.4) is 0 Å². The number of piperazine rings is 1. The molecular formula is C21H26N6O. The van der Waals surface area contributed by atoms with Gasteiger partial charge >= 0.3 is 0 Å². The van der Waals surface area contributed by atoms with Crippen molar-refractivity contribution < 1.29 is 4.79 Å². The summed E-state index contributed by atoms with van der Waals surface area (Å²) in [4.78, 5) is 29.4. The second kappa shape index (κ2) is 7.98. The second-order valence-corrected chi connectivity index (χ2v) is 7.35. The first-order chi connectivity index (χ1) is 13.6. The van der Waals surface area contributed by atoms with E-state index >= 15 is 0 Å². The van der Waals surface area contributed by atoms with E-state index < -0.39 is 0 Å². The molecule has 0 spiro atoms. The predicted octanol–water partition coefficient (Wildman–Crippen LogP) is 1.99. The highest BCUT2D eigenvalue weighted by Crippen LogP contribution is 2.18. The zero-order valence-corrected chi connectivity index (χ0v) is 16.4. The number of H-pyrrole nitrogens is 1. The van der Waals surface area contributed by atoms with Crippen LogP contribution in [0, 0.1) is 6.92 Å². The number of nitrogens with one attached hydrogen (secondary N) is 2. The first-order valence-electron chi connectivity index (χ1n) is 9.72. The fraction of sp³-hybridized carbons (Fsp3) is 0.381. The van der Waals surface area contributed by atoms with E-state index in [9.17, 15) is 4.79 Å². The third kappa shape index (κ3) is 3.99. The Morgan fingerprint density at radius 2 is 1.96 bits per heavy atom. The fourth-order valence-corrected chi connectivity index (χ4v) is 3.56. The molecule has 4 rings (SSSR count). The Bertz CT molecular complexity index is 974. The summed E-state index contributed by atoms with van der Waals surface area (Å²) in [6.45, 7) is 6.17. The van der Waals surface area contributed by atoms with E-state index in [1.165, 1.54) is 10.9 Å². The maximum Gasteiger partial charge on any atom is 0.270 e. The topological polar surface area (TPSA) is 77.2 Å². The maximum absolute atomic E-state index is 12.6. The van der Waals surface area contributed by atoms with Crippen molar-refractivity contribution in [2.45, 2.75) is 13.3 Å². The number of carbonyl (C=O) groups is 1. The zero-order valence-electron chi connectivity index (χ0n) is 16.4. The van der Waals surface area contributed by atoms with Crippen molar-refractivity contribution in [3.63, 3.8) is 0 Å². The average molecular weight is 378 g/mol. The number of likely N-dealkylation sites (N-methyl/N-ethyl adjacent to an activating group) is 1. The van der Waals surface area contributed by atoms with Gasteiger partial charge in [-0.2, -0.15) is 0 Å². The van der Waals surface area contributed by atoms with Gasteiger partial charge in [-0.1, -0.05) is 18.2 Å². The van der Waals surface area contributed by atoms with Gasteiger partial charge in [-0.15, -0.1) is 0 Å². The minimum absolute atomic E-state index is 0.152. The Balaban J connectivity index is 1.40. The van der Waals surface area contributed by atoms with Crippen LogP contribution in [0.1, 0.15) is 21.7 Å². The Morgan fingerprint density at radius 1 is 1.18 bits per heavy atom. The highest BCUT2D eigenvalue weighted by Gasteiger charge is 2.19. The van der Waals surface area contributed by atoms with E-state index in [2.05, 4.69) is 49.2 Å². The molecule has 0 saturated carbocycles. The molecule has 1 fully saturated rings. The summed E-state index contributed by atoms with van der Waals surface area (Å²) in [6, 6.07) is 9.95. The smallest absolute Gasteiger partial charge is 0.270 e. The molecule has 1 aliphatic rings. The summed E-state index contributed by atoms with van der Waals surface area (Å²) >= 11 is 0. The molecule has 0 radical (unpaired) electrons. The van der Waals surface area contributed by atoms with Gasteiger partial charge in [0.2, 0.25) is 5.95 Å². The molecule has 0 bridgehead atoms. The fourth-order valence-electron chi connectivity index (χ4n) is 3.56. The summed E-state index contributed by atoms with van der Waals surface area (Å²) in [6.07, 6.45) is 2.78. The van der Waals surface area contributed by atoms with E-state index in [0.29, 0.717) is 18.2 Å². The minimum Gasteiger partial charge on any atom is -0.361 e. The number of hydrogen-bond acceptors (Lipinski definition) is 5. The third-order valence-corrected chi connectivity index (χ3v) is 5.22. The van der Waals surface area contributed by atoms with Gasteiger partial charge < -0.3 is 20.1 Å². The number of anilines is 1. The molecule has 2 aromatic heterocycles. The summed E-state index contributed by atoms with van der Waals surface area (Å²) < 4.78 is 0. The summed E-state index contributed by atoms with van der Waals surface area (Å²) in [5.74, 6) is 0.496. The van der Waals surface area contributed by atoms with E-state index in [4.69, 9.17) is 0 Å². The van der Waals surface area contributed by atoms with Crippen molar-refractivity contribution in [3.8, 4) is 0 Å². The molecule has 1 saturated heterocycles. The van der Waals surface area contributed by atoms with Gasteiger partial charge in [0.25, 0.3) is 5.91 Å². The van der Waals surface area contributed by atoms with Gasteiger partial charge in [0.1, 0.15) is 5.69 Å². The van der Waals surface area contributed by atoms with Gasteiger partial charge in [-0.3, -0.25) is 4.79 Å². The van der Waals surface area contributed by atoms with Gasteiger partial charge in [0.15, 0.2) is 0 Å². The van der Waals surface area contributed by atoms with Crippen molar-refractivity contribution >= 4 is 22.8 Å². The Hall–Kier alpha value is -2.93. The normalized spacial score (nSPS) is 15.1. The third-order valence-electron chi connectivity index (χ3n) is 5.22. The van der Waals surface area contributed by atoms with Crippen molar-refractivity contribution in [1.82, 2.24) is 25.2 Å². The molecule has 1 amide bonds. The number of carbonyl (C=O) groups excluding carboxylic acids is 1. The monoisotopic (exact) mass is 378 g/mol. The van der Waals surface area contributed by atoms with Crippen LogP contribution in [0.15, 0.2) is 36.5 Å². The highest BCUT2D eigenvalue weighted by atomic mass is 16.1.